The number of ether oxygens (including phenoxy) is 1. The molecule has 1 aromatic heterocycles. The molecule has 2 heterocycles. The van der Waals surface area contributed by atoms with Gasteiger partial charge in [0.05, 0.1) is 0 Å². The number of carbonyl (C=O) groups is 1. The quantitative estimate of drug-likeness (QED) is 0.943. The summed E-state index contributed by atoms with van der Waals surface area (Å²) in [5, 5.41) is 12.2. The van der Waals surface area contributed by atoms with Crippen LogP contribution in [0.15, 0.2) is 24.3 Å². The highest BCUT2D eigenvalue weighted by Crippen LogP contribution is 2.31. The molecule has 6 heteroatoms. The number of nitrogens with one attached hydrogen (secondary N) is 1. The molecule has 0 aliphatic carbocycles. The number of hydrogen-bond acceptors (Lipinski definition) is 5. The molecule has 20 heavy (non-hydrogen) atoms. The lowest BCUT2D eigenvalue weighted by atomic mass is 10.1. The molecule has 1 N–H and O–H groups in total. The van der Waals surface area contributed by atoms with Crippen molar-refractivity contribution in [2.24, 2.45) is 0 Å². The minimum atomic E-state index is -0.163. The Balaban J connectivity index is 1.70. The second-order valence-electron chi connectivity index (χ2n) is 4.77. The lowest BCUT2D eigenvalue weighted by molar-refractivity contribution is 0.102. The molecule has 5 nitrogen and oxygen atoms in total. The fraction of sp³-hybridized carbons (Fsp3) is 0.357. The maximum absolute atomic E-state index is 12.1. The minimum absolute atomic E-state index is 0.0390. The maximum atomic E-state index is 12.1. The number of carbonyl (C=O) groups excluding carboxylic acids is 1. The highest BCUT2D eigenvalue weighted by atomic mass is 32.1. The average Bonchev–Trinajstić information content (AvgIpc) is 3.08. The summed E-state index contributed by atoms with van der Waals surface area (Å²) in [6.45, 7) is 2.73. The third-order valence-electron chi connectivity index (χ3n) is 3.15. The van der Waals surface area contributed by atoms with E-state index >= 15 is 0 Å². The van der Waals surface area contributed by atoms with Gasteiger partial charge in [-0.05, 0) is 31.9 Å². The molecule has 1 aliphatic rings. The van der Waals surface area contributed by atoms with E-state index in [1.807, 2.05) is 25.1 Å². The summed E-state index contributed by atoms with van der Waals surface area (Å²) >= 11 is 1.38. The monoisotopic (exact) mass is 289 g/mol. The number of anilines is 1. The first-order valence-corrected chi connectivity index (χ1v) is 7.37. The van der Waals surface area contributed by atoms with Crippen LogP contribution in [-0.4, -0.2) is 22.7 Å². The first-order chi connectivity index (χ1) is 9.72. The van der Waals surface area contributed by atoms with Gasteiger partial charge in [0.2, 0.25) is 5.13 Å². The molecule has 1 amide bonds. The molecule has 1 aliphatic heterocycles. The van der Waals surface area contributed by atoms with Gasteiger partial charge in [-0.2, -0.15) is 0 Å². The molecule has 0 radical (unpaired) electrons. The van der Waals surface area contributed by atoms with Gasteiger partial charge in [0.15, 0.2) is 0 Å². The van der Waals surface area contributed by atoms with Gasteiger partial charge in [-0.15, -0.1) is 10.2 Å². The van der Waals surface area contributed by atoms with Crippen molar-refractivity contribution in [2.75, 3.05) is 11.9 Å². The molecule has 1 unspecified atom stereocenters. The largest absolute Gasteiger partial charge is 0.371 e. The molecule has 1 atom stereocenters. The highest BCUT2D eigenvalue weighted by molar-refractivity contribution is 7.15. The van der Waals surface area contributed by atoms with Crippen LogP contribution in [0.3, 0.4) is 0 Å². The van der Waals surface area contributed by atoms with Crippen LogP contribution in [-0.2, 0) is 4.74 Å². The van der Waals surface area contributed by atoms with E-state index in [1.54, 1.807) is 6.07 Å². The smallest absolute Gasteiger partial charge is 0.257 e. The zero-order valence-electron chi connectivity index (χ0n) is 11.1. The van der Waals surface area contributed by atoms with Crippen molar-refractivity contribution in [2.45, 2.75) is 25.9 Å². The van der Waals surface area contributed by atoms with Crippen LogP contribution >= 0.6 is 11.3 Å². The summed E-state index contributed by atoms with van der Waals surface area (Å²) < 4.78 is 5.55. The van der Waals surface area contributed by atoms with Gasteiger partial charge in [-0.1, -0.05) is 29.0 Å². The molecule has 2 aromatic rings. The molecule has 0 bridgehead atoms. The Kier molecular flexibility index (Phi) is 3.75. The standard InChI is InChI=1S/C14H15N3O2S/c1-9-4-2-5-10(8-9)12(18)15-14-17-16-13(20-14)11-6-3-7-19-11/h2,4-5,8,11H,3,6-7H2,1H3,(H,15,17,18). The van der Waals surface area contributed by atoms with Crippen molar-refractivity contribution in [1.82, 2.24) is 10.2 Å². The summed E-state index contributed by atoms with van der Waals surface area (Å²) in [5.41, 5.74) is 1.67. The molecule has 104 valence electrons. The van der Waals surface area contributed by atoms with Crippen LogP contribution in [0.25, 0.3) is 0 Å². The van der Waals surface area contributed by atoms with Gasteiger partial charge in [0, 0.05) is 12.2 Å². The van der Waals surface area contributed by atoms with E-state index in [2.05, 4.69) is 15.5 Å². The first kappa shape index (κ1) is 13.2. The van der Waals surface area contributed by atoms with E-state index in [-0.39, 0.29) is 12.0 Å². The van der Waals surface area contributed by atoms with Crippen LogP contribution in [0.4, 0.5) is 5.13 Å². The van der Waals surface area contributed by atoms with Gasteiger partial charge < -0.3 is 4.74 Å². The topological polar surface area (TPSA) is 64.1 Å². The minimum Gasteiger partial charge on any atom is -0.371 e. The lowest BCUT2D eigenvalue weighted by Crippen LogP contribution is -2.11. The van der Waals surface area contributed by atoms with E-state index in [1.165, 1.54) is 11.3 Å². The Morgan fingerprint density at radius 2 is 2.35 bits per heavy atom. The average molecular weight is 289 g/mol. The summed E-state index contributed by atoms with van der Waals surface area (Å²) in [4.78, 5) is 12.1. The summed E-state index contributed by atoms with van der Waals surface area (Å²) in [6, 6.07) is 7.45. The number of amides is 1. The number of aromatic nitrogens is 2. The summed E-state index contributed by atoms with van der Waals surface area (Å²) in [6.07, 6.45) is 2.06. The van der Waals surface area contributed by atoms with Crippen LogP contribution in [0.5, 0.6) is 0 Å². The second kappa shape index (κ2) is 5.68. The number of rotatable bonds is 3. The van der Waals surface area contributed by atoms with Crippen LogP contribution in [0.2, 0.25) is 0 Å². The normalized spacial score (nSPS) is 18.1. The molecule has 1 aromatic carbocycles. The van der Waals surface area contributed by atoms with Crippen molar-refractivity contribution in [1.29, 1.82) is 0 Å². The molecule has 3 rings (SSSR count). The molecule has 0 saturated carbocycles. The number of aryl methyl sites for hydroxylation is 1. The Bertz CT molecular complexity index is 620. The van der Waals surface area contributed by atoms with E-state index in [9.17, 15) is 4.79 Å². The van der Waals surface area contributed by atoms with Crippen LogP contribution < -0.4 is 5.32 Å². The Labute approximate surface area is 121 Å². The summed E-state index contributed by atoms with van der Waals surface area (Å²) in [5.74, 6) is -0.163. The van der Waals surface area contributed by atoms with E-state index in [4.69, 9.17) is 4.74 Å². The van der Waals surface area contributed by atoms with Gasteiger partial charge in [0.25, 0.3) is 5.91 Å². The maximum Gasteiger partial charge on any atom is 0.257 e. The fourth-order valence-corrected chi connectivity index (χ4v) is 2.97. The molecule has 0 spiro atoms. The number of benzene rings is 1. The summed E-state index contributed by atoms with van der Waals surface area (Å²) in [7, 11) is 0. The highest BCUT2D eigenvalue weighted by Gasteiger charge is 2.22. The lowest BCUT2D eigenvalue weighted by Gasteiger charge is -2.03. The van der Waals surface area contributed by atoms with Crippen molar-refractivity contribution in [3.63, 3.8) is 0 Å². The molecular formula is C14H15N3O2S. The zero-order chi connectivity index (χ0) is 13.9. The van der Waals surface area contributed by atoms with Crippen molar-refractivity contribution >= 4 is 22.4 Å². The second-order valence-corrected chi connectivity index (χ2v) is 5.78. The molecule has 1 fully saturated rings. The molecule has 1 saturated heterocycles. The van der Waals surface area contributed by atoms with Gasteiger partial charge in [-0.3, -0.25) is 10.1 Å². The van der Waals surface area contributed by atoms with Crippen LogP contribution in [0, 0.1) is 6.92 Å². The van der Waals surface area contributed by atoms with Crippen molar-refractivity contribution in [3.8, 4) is 0 Å². The SMILES string of the molecule is Cc1cccc(C(=O)Nc2nnc(C3CCCO3)s2)c1. The Morgan fingerprint density at radius 1 is 1.45 bits per heavy atom. The van der Waals surface area contributed by atoms with Crippen LogP contribution in [0.1, 0.15) is 39.9 Å². The van der Waals surface area contributed by atoms with E-state index in [0.29, 0.717) is 10.7 Å². The Hall–Kier alpha value is -1.79. The fourth-order valence-electron chi connectivity index (χ4n) is 2.14. The van der Waals surface area contributed by atoms with E-state index < -0.39 is 0 Å². The zero-order valence-corrected chi connectivity index (χ0v) is 11.9. The van der Waals surface area contributed by atoms with Gasteiger partial charge >= 0.3 is 0 Å². The van der Waals surface area contributed by atoms with Gasteiger partial charge in [-0.25, -0.2) is 0 Å². The van der Waals surface area contributed by atoms with E-state index in [0.717, 1.165) is 30.0 Å². The molecular weight excluding hydrogens is 274 g/mol. The number of hydrogen-bond donors (Lipinski definition) is 1. The number of nitrogens with zero attached hydrogens (tertiary/aromatic N) is 2. The van der Waals surface area contributed by atoms with Crippen molar-refractivity contribution < 1.29 is 9.53 Å². The van der Waals surface area contributed by atoms with Gasteiger partial charge in [0.1, 0.15) is 11.1 Å². The third kappa shape index (κ3) is 2.86. The Morgan fingerprint density at radius 3 is 3.10 bits per heavy atom. The van der Waals surface area contributed by atoms with Crippen molar-refractivity contribution in [3.05, 3.63) is 40.4 Å². The third-order valence-corrected chi connectivity index (χ3v) is 4.08. The predicted octanol–water partition coefficient (Wildman–Crippen LogP) is 2.95. The first-order valence-electron chi connectivity index (χ1n) is 6.55. The predicted molar refractivity (Wildman–Crippen MR) is 77.0 cm³/mol.